The van der Waals surface area contributed by atoms with Crippen LogP contribution in [0.4, 0.5) is 0 Å². The lowest BCUT2D eigenvalue weighted by molar-refractivity contribution is 0.292. The second-order valence-corrected chi connectivity index (χ2v) is 6.00. The van der Waals surface area contributed by atoms with E-state index in [0.717, 1.165) is 31.5 Å². The van der Waals surface area contributed by atoms with E-state index in [0.29, 0.717) is 12.1 Å². The zero-order valence-corrected chi connectivity index (χ0v) is 14.1. The van der Waals surface area contributed by atoms with Crippen LogP contribution < -0.4 is 10.6 Å². The molecule has 0 aromatic carbocycles. The van der Waals surface area contributed by atoms with Gasteiger partial charge in [0.15, 0.2) is 5.96 Å². The largest absolute Gasteiger partial charge is 0.354 e. The Kier molecular flexibility index (Phi) is 7.97. The second-order valence-electron chi connectivity index (χ2n) is 6.00. The van der Waals surface area contributed by atoms with Gasteiger partial charge in [-0.05, 0) is 58.7 Å². The van der Waals surface area contributed by atoms with Gasteiger partial charge in [0.2, 0.25) is 0 Å². The molecule has 0 aromatic rings. The maximum Gasteiger partial charge on any atom is 0.191 e. The molecule has 0 spiro atoms. The van der Waals surface area contributed by atoms with E-state index in [1.807, 2.05) is 0 Å². The van der Waals surface area contributed by atoms with Crippen LogP contribution >= 0.6 is 0 Å². The molecule has 1 aliphatic rings. The van der Waals surface area contributed by atoms with E-state index >= 15 is 0 Å². The topological polar surface area (TPSA) is 39.7 Å². The van der Waals surface area contributed by atoms with Crippen LogP contribution in [0.5, 0.6) is 0 Å². The van der Waals surface area contributed by atoms with Crippen LogP contribution in [0.2, 0.25) is 0 Å². The summed E-state index contributed by atoms with van der Waals surface area (Å²) in [6.07, 6.45) is 3.72. The van der Waals surface area contributed by atoms with Gasteiger partial charge in [-0.1, -0.05) is 20.8 Å². The Hall–Kier alpha value is -0.770. The highest BCUT2D eigenvalue weighted by Crippen LogP contribution is 2.28. The molecule has 0 aromatic heterocycles. The number of aliphatic imine (C=N–C) groups is 1. The Morgan fingerprint density at radius 2 is 1.95 bits per heavy atom. The summed E-state index contributed by atoms with van der Waals surface area (Å²) in [5.74, 6) is 1.80. The smallest absolute Gasteiger partial charge is 0.191 e. The van der Waals surface area contributed by atoms with Crippen LogP contribution in [0.3, 0.4) is 0 Å². The number of nitrogens with zero attached hydrogens (tertiary/aromatic N) is 2. The van der Waals surface area contributed by atoms with Crippen molar-refractivity contribution in [3.8, 4) is 0 Å². The maximum absolute atomic E-state index is 4.54. The highest BCUT2D eigenvalue weighted by molar-refractivity contribution is 5.80. The fraction of sp³-hybridized carbons (Fsp3) is 0.938. The van der Waals surface area contributed by atoms with E-state index in [2.05, 4.69) is 55.1 Å². The molecule has 3 unspecified atom stereocenters. The average molecular weight is 282 g/mol. The van der Waals surface area contributed by atoms with Crippen LogP contribution in [-0.4, -0.2) is 49.1 Å². The van der Waals surface area contributed by atoms with E-state index in [1.54, 1.807) is 0 Å². The molecular weight excluding hydrogens is 248 g/mol. The normalized spacial score (nSPS) is 23.8. The van der Waals surface area contributed by atoms with Crippen LogP contribution in [0.25, 0.3) is 0 Å². The monoisotopic (exact) mass is 282 g/mol. The Morgan fingerprint density at radius 1 is 1.30 bits per heavy atom. The number of nitrogens with one attached hydrogen (secondary N) is 2. The molecule has 0 radical (unpaired) electrons. The van der Waals surface area contributed by atoms with Gasteiger partial charge in [-0.25, -0.2) is 0 Å². The fourth-order valence-corrected chi connectivity index (χ4v) is 2.46. The predicted octanol–water partition coefficient (Wildman–Crippen LogP) is 2.46. The zero-order valence-electron chi connectivity index (χ0n) is 14.1. The summed E-state index contributed by atoms with van der Waals surface area (Å²) in [4.78, 5) is 7.02. The molecule has 1 saturated carbocycles. The molecule has 1 fully saturated rings. The van der Waals surface area contributed by atoms with Gasteiger partial charge in [-0.2, -0.15) is 0 Å². The van der Waals surface area contributed by atoms with Gasteiger partial charge < -0.3 is 15.5 Å². The summed E-state index contributed by atoms with van der Waals surface area (Å²) in [6.45, 7) is 15.4. The summed E-state index contributed by atoms with van der Waals surface area (Å²) in [6, 6.07) is 1.12. The zero-order chi connectivity index (χ0) is 15.0. The van der Waals surface area contributed by atoms with Gasteiger partial charge in [0.25, 0.3) is 0 Å². The number of rotatable bonds is 9. The third-order valence-corrected chi connectivity index (χ3v) is 4.14. The van der Waals surface area contributed by atoms with Crippen molar-refractivity contribution in [2.24, 2.45) is 10.9 Å². The molecule has 0 aliphatic heterocycles. The van der Waals surface area contributed by atoms with Crippen molar-refractivity contribution in [3.63, 3.8) is 0 Å². The summed E-state index contributed by atoms with van der Waals surface area (Å²) >= 11 is 0. The van der Waals surface area contributed by atoms with Gasteiger partial charge in [-0.15, -0.1) is 0 Å². The molecule has 118 valence electrons. The molecule has 0 bridgehead atoms. The molecule has 1 rings (SSSR count). The average Bonchev–Trinajstić information content (AvgIpc) is 3.10. The van der Waals surface area contributed by atoms with Crippen LogP contribution in [0.1, 0.15) is 53.9 Å². The molecule has 4 nitrogen and oxygen atoms in total. The lowest BCUT2D eigenvalue weighted by Gasteiger charge is -2.21. The molecule has 1 aliphatic carbocycles. The van der Waals surface area contributed by atoms with Crippen molar-refractivity contribution >= 4 is 5.96 Å². The van der Waals surface area contributed by atoms with Crippen molar-refractivity contribution in [2.45, 2.75) is 66.0 Å². The summed E-state index contributed by atoms with van der Waals surface area (Å²) < 4.78 is 0. The van der Waals surface area contributed by atoms with Gasteiger partial charge >= 0.3 is 0 Å². The number of guanidine groups is 1. The van der Waals surface area contributed by atoms with Crippen LogP contribution in [0, 0.1) is 5.92 Å². The van der Waals surface area contributed by atoms with Crippen molar-refractivity contribution in [2.75, 3.05) is 26.2 Å². The lowest BCUT2D eigenvalue weighted by atomic mass is 10.2. The molecule has 3 atom stereocenters. The van der Waals surface area contributed by atoms with Gasteiger partial charge in [-0.3, -0.25) is 4.99 Å². The third-order valence-electron chi connectivity index (χ3n) is 4.14. The Balaban J connectivity index is 2.23. The maximum atomic E-state index is 4.54. The summed E-state index contributed by atoms with van der Waals surface area (Å²) in [5, 5.41) is 7.06. The highest BCUT2D eigenvalue weighted by Gasteiger charge is 2.33. The fourth-order valence-electron chi connectivity index (χ4n) is 2.46. The van der Waals surface area contributed by atoms with Gasteiger partial charge in [0.1, 0.15) is 0 Å². The molecule has 20 heavy (non-hydrogen) atoms. The first kappa shape index (κ1) is 17.3. The lowest BCUT2D eigenvalue weighted by Crippen LogP contribution is -2.43. The Labute approximate surface area is 125 Å². The van der Waals surface area contributed by atoms with E-state index in [1.165, 1.54) is 25.8 Å². The summed E-state index contributed by atoms with van der Waals surface area (Å²) in [5.41, 5.74) is 0. The van der Waals surface area contributed by atoms with Crippen LogP contribution in [0.15, 0.2) is 4.99 Å². The van der Waals surface area contributed by atoms with Gasteiger partial charge in [0.05, 0.1) is 0 Å². The first-order valence-electron chi connectivity index (χ1n) is 8.40. The third kappa shape index (κ3) is 6.60. The Bertz CT molecular complexity index is 286. The van der Waals surface area contributed by atoms with Crippen molar-refractivity contribution in [1.29, 1.82) is 0 Å². The molecule has 2 N–H and O–H groups in total. The molecule has 0 amide bonds. The van der Waals surface area contributed by atoms with E-state index < -0.39 is 0 Å². The molecule has 0 saturated heterocycles. The quantitative estimate of drug-likeness (QED) is 0.504. The van der Waals surface area contributed by atoms with Crippen LogP contribution in [-0.2, 0) is 0 Å². The molecule has 4 heteroatoms. The number of hydrogen-bond donors (Lipinski definition) is 2. The minimum Gasteiger partial charge on any atom is -0.354 e. The van der Waals surface area contributed by atoms with Crippen molar-refractivity contribution < 1.29 is 0 Å². The predicted molar refractivity (Wildman–Crippen MR) is 88.3 cm³/mol. The standard InChI is InChI=1S/C16H34N4/c1-6-17-16(19-15-12-13(15)4)18-14(5)10-9-11-20(7-2)8-3/h13-15H,6-12H2,1-5H3,(H2,17,18,19). The van der Waals surface area contributed by atoms with Crippen molar-refractivity contribution in [3.05, 3.63) is 0 Å². The molecule has 0 heterocycles. The minimum atomic E-state index is 0.484. The first-order valence-corrected chi connectivity index (χ1v) is 8.40. The number of hydrogen-bond acceptors (Lipinski definition) is 2. The van der Waals surface area contributed by atoms with Crippen molar-refractivity contribution in [1.82, 2.24) is 15.5 Å². The summed E-state index contributed by atoms with van der Waals surface area (Å²) in [7, 11) is 0. The van der Waals surface area contributed by atoms with Gasteiger partial charge in [0, 0.05) is 18.6 Å². The van der Waals surface area contributed by atoms with E-state index in [4.69, 9.17) is 0 Å². The minimum absolute atomic E-state index is 0.484. The second kappa shape index (κ2) is 9.22. The highest BCUT2D eigenvalue weighted by atomic mass is 15.2. The SMILES string of the molecule is CCN=C(NC(C)CCCN(CC)CC)NC1CC1C. The van der Waals surface area contributed by atoms with E-state index in [9.17, 15) is 0 Å². The Morgan fingerprint density at radius 3 is 2.45 bits per heavy atom. The van der Waals surface area contributed by atoms with E-state index in [-0.39, 0.29) is 0 Å². The first-order chi connectivity index (χ1) is 9.60. The molecular formula is C16H34N4.